The van der Waals surface area contributed by atoms with Crippen molar-refractivity contribution in [1.82, 2.24) is 9.21 Å². The standard InChI is InChI=1S/C15H22N2O3S/c1-3-11-21(19,20)17-10-9-16(13(2)18)12-15(17)14-7-5-4-6-8-14/h4-8,15H,3,9-12H2,1-2H3/t15-/m1/s1. The second-order valence-corrected chi connectivity index (χ2v) is 7.36. The van der Waals surface area contributed by atoms with Crippen molar-refractivity contribution >= 4 is 15.9 Å². The molecule has 1 aromatic carbocycles. The Morgan fingerprint density at radius 2 is 1.90 bits per heavy atom. The van der Waals surface area contributed by atoms with Gasteiger partial charge < -0.3 is 4.90 Å². The minimum Gasteiger partial charge on any atom is -0.340 e. The molecule has 116 valence electrons. The van der Waals surface area contributed by atoms with Gasteiger partial charge in [0.1, 0.15) is 0 Å². The van der Waals surface area contributed by atoms with Crippen LogP contribution in [0.25, 0.3) is 0 Å². The summed E-state index contributed by atoms with van der Waals surface area (Å²) in [5.74, 6) is 0.139. The van der Waals surface area contributed by atoms with E-state index in [9.17, 15) is 13.2 Å². The molecule has 0 N–H and O–H groups in total. The van der Waals surface area contributed by atoms with Gasteiger partial charge in [-0.25, -0.2) is 8.42 Å². The maximum absolute atomic E-state index is 12.5. The summed E-state index contributed by atoms with van der Waals surface area (Å²) >= 11 is 0. The maximum Gasteiger partial charge on any atom is 0.219 e. The first kappa shape index (κ1) is 16.0. The number of nitrogens with zero attached hydrogens (tertiary/aromatic N) is 2. The van der Waals surface area contributed by atoms with Gasteiger partial charge in [0.15, 0.2) is 0 Å². The summed E-state index contributed by atoms with van der Waals surface area (Å²) in [5, 5.41) is 0. The van der Waals surface area contributed by atoms with Crippen molar-refractivity contribution < 1.29 is 13.2 Å². The molecule has 0 unspecified atom stereocenters. The van der Waals surface area contributed by atoms with Crippen LogP contribution in [0.15, 0.2) is 30.3 Å². The van der Waals surface area contributed by atoms with Gasteiger partial charge in [0.05, 0.1) is 11.8 Å². The lowest BCUT2D eigenvalue weighted by atomic mass is 10.0. The van der Waals surface area contributed by atoms with Gasteiger partial charge in [-0.05, 0) is 12.0 Å². The van der Waals surface area contributed by atoms with E-state index in [-0.39, 0.29) is 17.7 Å². The van der Waals surface area contributed by atoms with Crippen molar-refractivity contribution in [3.8, 4) is 0 Å². The molecule has 1 aliphatic rings. The number of benzene rings is 1. The first-order chi connectivity index (χ1) is 9.95. The largest absolute Gasteiger partial charge is 0.340 e. The van der Waals surface area contributed by atoms with Crippen LogP contribution in [0.5, 0.6) is 0 Å². The van der Waals surface area contributed by atoms with Crippen LogP contribution >= 0.6 is 0 Å². The maximum atomic E-state index is 12.5. The molecule has 0 bridgehead atoms. The molecule has 0 saturated carbocycles. The lowest BCUT2D eigenvalue weighted by Crippen LogP contribution is -2.52. The summed E-state index contributed by atoms with van der Waals surface area (Å²) in [6.45, 7) is 4.63. The summed E-state index contributed by atoms with van der Waals surface area (Å²) < 4.78 is 26.5. The molecule has 5 nitrogen and oxygen atoms in total. The van der Waals surface area contributed by atoms with E-state index in [0.717, 1.165) is 5.56 Å². The van der Waals surface area contributed by atoms with Gasteiger partial charge in [0.2, 0.25) is 15.9 Å². The molecular weight excluding hydrogens is 288 g/mol. The molecule has 1 atom stereocenters. The zero-order valence-electron chi connectivity index (χ0n) is 12.5. The Bertz CT molecular complexity index is 586. The molecule has 0 aliphatic carbocycles. The van der Waals surface area contributed by atoms with Gasteiger partial charge in [-0.2, -0.15) is 4.31 Å². The van der Waals surface area contributed by atoms with Crippen molar-refractivity contribution in [3.05, 3.63) is 35.9 Å². The van der Waals surface area contributed by atoms with E-state index in [1.54, 1.807) is 9.21 Å². The predicted molar refractivity (Wildman–Crippen MR) is 82.2 cm³/mol. The van der Waals surface area contributed by atoms with Crippen molar-refractivity contribution in [3.63, 3.8) is 0 Å². The smallest absolute Gasteiger partial charge is 0.219 e. The second-order valence-electron chi connectivity index (χ2n) is 5.32. The van der Waals surface area contributed by atoms with E-state index in [1.165, 1.54) is 6.92 Å². The summed E-state index contributed by atoms with van der Waals surface area (Å²) in [6.07, 6.45) is 0.594. The quantitative estimate of drug-likeness (QED) is 0.849. The number of rotatable bonds is 4. The number of sulfonamides is 1. The van der Waals surface area contributed by atoms with Gasteiger partial charge in [-0.1, -0.05) is 37.3 Å². The third-order valence-corrected chi connectivity index (χ3v) is 5.86. The van der Waals surface area contributed by atoms with Crippen LogP contribution in [0, 0.1) is 0 Å². The Kier molecular flexibility index (Phi) is 5.00. The molecule has 1 fully saturated rings. The van der Waals surface area contributed by atoms with Gasteiger partial charge in [-0.15, -0.1) is 0 Å². The fraction of sp³-hybridized carbons (Fsp3) is 0.533. The SMILES string of the molecule is CCCS(=O)(=O)N1CCN(C(C)=O)C[C@@H]1c1ccccc1. The van der Waals surface area contributed by atoms with E-state index >= 15 is 0 Å². The molecule has 6 heteroatoms. The third kappa shape index (κ3) is 3.63. The average molecular weight is 310 g/mol. The van der Waals surface area contributed by atoms with Crippen molar-refractivity contribution in [1.29, 1.82) is 0 Å². The Morgan fingerprint density at radius 1 is 1.24 bits per heavy atom. The molecule has 21 heavy (non-hydrogen) atoms. The van der Waals surface area contributed by atoms with Crippen LogP contribution in [0.3, 0.4) is 0 Å². The molecule has 0 aromatic heterocycles. The van der Waals surface area contributed by atoms with Crippen molar-refractivity contribution in [2.75, 3.05) is 25.4 Å². The number of piperazine rings is 1. The van der Waals surface area contributed by atoms with E-state index in [4.69, 9.17) is 0 Å². The molecule has 1 saturated heterocycles. The third-order valence-electron chi connectivity index (χ3n) is 3.78. The molecular formula is C15H22N2O3S. The average Bonchev–Trinajstić information content (AvgIpc) is 2.47. The Labute approximate surface area is 126 Å². The Hall–Kier alpha value is -1.40. The van der Waals surface area contributed by atoms with Crippen LogP contribution < -0.4 is 0 Å². The highest BCUT2D eigenvalue weighted by Crippen LogP contribution is 2.28. The topological polar surface area (TPSA) is 57.7 Å². The van der Waals surface area contributed by atoms with E-state index in [0.29, 0.717) is 26.1 Å². The number of hydrogen-bond acceptors (Lipinski definition) is 3. The molecule has 1 amide bonds. The summed E-state index contributed by atoms with van der Waals surface area (Å²) in [6, 6.07) is 9.24. The van der Waals surface area contributed by atoms with Crippen LogP contribution in [-0.2, 0) is 14.8 Å². The zero-order valence-corrected chi connectivity index (χ0v) is 13.3. The lowest BCUT2D eigenvalue weighted by Gasteiger charge is -2.40. The normalized spacial score (nSPS) is 20.5. The van der Waals surface area contributed by atoms with Gasteiger partial charge in [0.25, 0.3) is 0 Å². The lowest BCUT2D eigenvalue weighted by molar-refractivity contribution is -0.131. The predicted octanol–water partition coefficient (Wildman–Crippen LogP) is 1.63. The number of carbonyl (C=O) groups is 1. The number of amides is 1. The Morgan fingerprint density at radius 3 is 2.48 bits per heavy atom. The molecule has 2 rings (SSSR count). The highest BCUT2D eigenvalue weighted by atomic mass is 32.2. The van der Waals surface area contributed by atoms with E-state index < -0.39 is 10.0 Å². The second kappa shape index (κ2) is 6.58. The van der Waals surface area contributed by atoms with Crippen molar-refractivity contribution in [2.45, 2.75) is 26.3 Å². The van der Waals surface area contributed by atoms with E-state index in [2.05, 4.69) is 0 Å². The highest BCUT2D eigenvalue weighted by Gasteiger charge is 2.36. The van der Waals surface area contributed by atoms with Crippen LogP contribution in [-0.4, -0.2) is 48.9 Å². The summed E-state index contributed by atoms with van der Waals surface area (Å²) in [5.41, 5.74) is 0.933. The molecule has 1 heterocycles. The van der Waals surface area contributed by atoms with Gasteiger partial charge in [0, 0.05) is 26.6 Å². The molecule has 0 spiro atoms. The zero-order chi connectivity index (χ0) is 15.5. The highest BCUT2D eigenvalue weighted by molar-refractivity contribution is 7.89. The fourth-order valence-electron chi connectivity index (χ4n) is 2.71. The minimum absolute atomic E-state index is 0.0107. The van der Waals surface area contributed by atoms with Gasteiger partial charge in [-0.3, -0.25) is 4.79 Å². The number of hydrogen-bond donors (Lipinski definition) is 0. The van der Waals surface area contributed by atoms with E-state index in [1.807, 2.05) is 37.3 Å². The first-order valence-electron chi connectivity index (χ1n) is 7.25. The molecule has 0 radical (unpaired) electrons. The summed E-state index contributed by atoms with van der Waals surface area (Å²) in [4.78, 5) is 13.3. The number of carbonyl (C=O) groups excluding carboxylic acids is 1. The van der Waals surface area contributed by atoms with Crippen molar-refractivity contribution in [2.24, 2.45) is 0 Å². The van der Waals surface area contributed by atoms with Crippen LogP contribution in [0.2, 0.25) is 0 Å². The van der Waals surface area contributed by atoms with Crippen LogP contribution in [0.4, 0.5) is 0 Å². The molecule has 1 aliphatic heterocycles. The Balaban J connectivity index is 2.33. The first-order valence-corrected chi connectivity index (χ1v) is 8.86. The minimum atomic E-state index is -3.28. The van der Waals surface area contributed by atoms with Crippen LogP contribution in [0.1, 0.15) is 31.9 Å². The summed E-state index contributed by atoms with van der Waals surface area (Å²) in [7, 11) is -3.28. The van der Waals surface area contributed by atoms with Gasteiger partial charge >= 0.3 is 0 Å². The monoisotopic (exact) mass is 310 g/mol. The molecule has 1 aromatic rings. The fourth-order valence-corrected chi connectivity index (χ4v) is 4.39.